The first-order valence-electron chi connectivity index (χ1n) is 6.28. The maximum Gasteiger partial charge on any atom is 0.246 e. The van der Waals surface area contributed by atoms with Crippen LogP contribution in [-0.2, 0) is 4.79 Å². The molecular weight excluding hydrogens is 258 g/mol. The van der Waals surface area contributed by atoms with Crippen LogP contribution in [0.1, 0.15) is 0 Å². The average Bonchev–Trinajstić information content (AvgIpc) is 2.95. The summed E-state index contributed by atoms with van der Waals surface area (Å²) < 4.78 is 1.26. The van der Waals surface area contributed by atoms with Crippen LogP contribution in [-0.4, -0.2) is 42.0 Å². The molecule has 5 heteroatoms. The summed E-state index contributed by atoms with van der Waals surface area (Å²) in [5.41, 5.74) is 0. The number of anilines is 1. The van der Waals surface area contributed by atoms with E-state index in [9.17, 15) is 4.79 Å². The molecule has 0 aliphatic carbocycles. The van der Waals surface area contributed by atoms with Crippen molar-refractivity contribution in [2.75, 3.05) is 31.1 Å². The second-order valence-electron chi connectivity index (χ2n) is 4.48. The summed E-state index contributed by atoms with van der Waals surface area (Å²) >= 11 is 1.73. The van der Waals surface area contributed by atoms with E-state index < -0.39 is 0 Å². The number of rotatable bonds is 2. The number of piperazine rings is 1. The lowest BCUT2D eigenvalue weighted by Gasteiger charge is -2.35. The summed E-state index contributed by atoms with van der Waals surface area (Å²) in [6, 6.07) is 4.16. The summed E-state index contributed by atoms with van der Waals surface area (Å²) in [5, 5.41) is 3.30. The number of hydrogen-bond acceptors (Lipinski definition) is 4. The molecule has 1 amide bonds. The zero-order chi connectivity index (χ0) is 13.2. The SMILES string of the molecule is C=CC(=O)N1CCN(c2nccc3sccc23)CC1. The normalized spacial score (nSPS) is 15.8. The van der Waals surface area contributed by atoms with Gasteiger partial charge in [-0.1, -0.05) is 6.58 Å². The molecule has 1 aliphatic rings. The molecule has 0 spiro atoms. The number of hydrogen-bond donors (Lipinski definition) is 0. The highest BCUT2D eigenvalue weighted by Gasteiger charge is 2.21. The fraction of sp³-hybridized carbons (Fsp3) is 0.286. The number of fused-ring (bicyclic) bond motifs is 1. The molecule has 2 aromatic heterocycles. The maximum atomic E-state index is 11.6. The van der Waals surface area contributed by atoms with E-state index in [4.69, 9.17) is 0 Å². The molecule has 19 heavy (non-hydrogen) atoms. The van der Waals surface area contributed by atoms with Crippen LogP contribution in [0.4, 0.5) is 5.82 Å². The van der Waals surface area contributed by atoms with Gasteiger partial charge in [0.15, 0.2) is 0 Å². The molecule has 0 unspecified atom stereocenters. The molecule has 0 N–H and O–H groups in total. The summed E-state index contributed by atoms with van der Waals surface area (Å²) in [7, 11) is 0. The molecule has 1 aliphatic heterocycles. The number of aromatic nitrogens is 1. The van der Waals surface area contributed by atoms with Crippen LogP contribution in [0.5, 0.6) is 0 Å². The molecule has 4 nitrogen and oxygen atoms in total. The highest BCUT2D eigenvalue weighted by atomic mass is 32.1. The molecule has 98 valence electrons. The Balaban J connectivity index is 1.80. The largest absolute Gasteiger partial charge is 0.353 e. The third-order valence-corrected chi connectivity index (χ3v) is 4.31. The Hall–Kier alpha value is -1.88. The Bertz CT molecular complexity index is 614. The predicted molar refractivity (Wildman–Crippen MR) is 78.6 cm³/mol. The summed E-state index contributed by atoms with van der Waals surface area (Å²) in [6.07, 6.45) is 3.24. The highest BCUT2D eigenvalue weighted by Crippen LogP contribution is 2.28. The minimum absolute atomic E-state index is 0.0151. The monoisotopic (exact) mass is 273 g/mol. The molecule has 1 saturated heterocycles. The lowest BCUT2D eigenvalue weighted by atomic mass is 10.2. The van der Waals surface area contributed by atoms with E-state index >= 15 is 0 Å². The number of thiophene rings is 1. The van der Waals surface area contributed by atoms with Crippen LogP contribution in [0, 0.1) is 0 Å². The van der Waals surface area contributed by atoms with Crippen molar-refractivity contribution in [3.05, 3.63) is 36.4 Å². The quantitative estimate of drug-likeness (QED) is 0.787. The van der Waals surface area contributed by atoms with Crippen LogP contribution in [0.2, 0.25) is 0 Å². The highest BCUT2D eigenvalue weighted by molar-refractivity contribution is 7.17. The molecule has 0 bridgehead atoms. The van der Waals surface area contributed by atoms with Gasteiger partial charge in [-0.2, -0.15) is 0 Å². The first kappa shape index (κ1) is 12.2. The lowest BCUT2D eigenvalue weighted by molar-refractivity contribution is -0.126. The van der Waals surface area contributed by atoms with Gasteiger partial charge in [-0.15, -0.1) is 11.3 Å². The summed E-state index contributed by atoms with van der Waals surface area (Å²) in [4.78, 5) is 20.1. The van der Waals surface area contributed by atoms with Gasteiger partial charge in [-0.3, -0.25) is 4.79 Å². The van der Waals surface area contributed by atoms with Gasteiger partial charge < -0.3 is 9.80 Å². The Labute approximate surface area is 116 Å². The van der Waals surface area contributed by atoms with Crippen molar-refractivity contribution < 1.29 is 4.79 Å². The number of carbonyl (C=O) groups is 1. The van der Waals surface area contributed by atoms with Gasteiger partial charge in [-0.05, 0) is 23.6 Å². The Kier molecular flexibility index (Phi) is 3.21. The first-order chi connectivity index (χ1) is 9.29. The zero-order valence-electron chi connectivity index (χ0n) is 10.6. The first-order valence-corrected chi connectivity index (χ1v) is 7.16. The van der Waals surface area contributed by atoms with Crippen molar-refractivity contribution >= 4 is 33.1 Å². The minimum Gasteiger partial charge on any atom is -0.353 e. The van der Waals surface area contributed by atoms with E-state index in [2.05, 4.69) is 27.9 Å². The zero-order valence-corrected chi connectivity index (χ0v) is 11.4. The van der Waals surface area contributed by atoms with Crippen LogP contribution >= 0.6 is 11.3 Å². The van der Waals surface area contributed by atoms with E-state index in [0.29, 0.717) is 0 Å². The van der Waals surface area contributed by atoms with Gasteiger partial charge in [0, 0.05) is 42.5 Å². The van der Waals surface area contributed by atoms with E-state index in [1.165, 1.54) is 16.2 Å². The van der Waals surface area contributed by atoms with Crippen molar-refractivity contribution in [2.24, 2.45) is 0 Å². The van der Waals surface area contributed by atoms with Gasteiger partial charge in [0.25, 0.3) is 0 Å². The summed E-state index contributed by atoms with van der Waals surface area (Å²) in [6.45, 7) is 6.63. The molecule has 2 aromatic rings. The lowest BCUT2D eigenvalue weighted by Crippen LogP contribution is -2.48. The fourth-order valence-electron chi connectivity index (χ4n) is 2.40. The molecular formula is C14H15N3OS. The smallest absolute Gasteiger partial charge is 0.246 e. The van der Waals surface area contributed by atoms with Crippen molar-refractivity contribution in [1.29, 1.82) is 0 Å². The van der Waals surface area contributed by atoms with Gasteiger partial charge in [-0.25, -0.2) is 4.98 Å². The molecule has 3 heterocycles. The van der Waals surface area contributed by atoms with Gasteiger partial charge >= 0.3 is 0 Å². The average molecular weight is 273 g/mol. The van der Waals surface area contributed by atoms with Crippen molar-refractivity contribution in [2.45, 2.75) is 0 Å². The second-order valence-corrected chi connectivity index (χ2v) is 5.43. The topological polar surface area (TPSA) is 36.4 Å². The third kappa shape index (κ3) is 2.21. The van der Waals surface area contributed by atoms with E-state index in [1.54, 1.807) is 11.3 Å². The van der Waals surface area contributed by atoms with Crippen molar-refractivity contribution in [1.82, 2.24) is 9.88 Å². The van der Waals surface area contributed by atoms with Crippen LogP contribution in [0.15, 0.2) is 36.4 Å². The predicted octanol–water partition coefficient (Wildman–Crippen LogP) is 2.13. The number of pyridine rings is 1. The van der Waals surface area contributed by atoms with E-state index in [-0.39, 0.29) is 5.91 Å². The van der Waals surface area contributed by atoms with Crippen LogP contribution in [0.3, 0.4) is 0 Å². The molecule has 0 radical (unpaired) electrons. The molecule has 3 rings (SSSR count). The number of carbonyl (C=O) groups excluding carboxylic acids is 1. The minimum atomic E-state index is 0.0151. The standard InChI is InChI=1S/C14H15N3OS/c1-2-13(18)16-6-8-17(9-7-16)14-11-4-10-19-12(11)3-5-15-14/h2-5,10H,1,6-9H2. The van der Waals surface area contributed by atoms with Crippen LogP contribution < -0.4 is 4.90 Å². The molecule has 1 fully saturated rings. The van der Waals surface area contributed by atoms with Gasteiger partial charge in [0.05, 0.1) is 0 Å². The van der Waals surface area contributed by atoms with E-state index in [1.807, 2.05) is 17.2 Å². The molecule has 0 aromatic carbocycles. The van der Waals surface area contributed by atoms with Crippen molar-refractivity contribution in [3.8, 4) is 0 Å². The van der Waals surface area contributed by atoms with Gasteiger partial charge in [0.1, 0.15) is 5.82 Å². The molecule has 0 atom stereocenters. The fourth-order valence-corrected chi connectivity index (χ4v) is 3.18. The van der Waals surface area contributed by atoms with Crippen LogP contribution in [0.25, 0.3) is 10.1 Å². The summed E-state index contributed by atoms with van der Waals surface area (Å²) in [5.74, 6) is 1.05. The maximum absolute atomic E-state index is 11.6. The number of nitrogens with zero attached hydrogens (tertiary/aromatic N) is 3. The van der Waals surface area contributed by atoms with E-state index in [0.717, 1.165) is 32.0 Å². The Morgan fingerprint density at radius 2 is 2.11 bits per heavy atom. The third-order valence-electron chi connectivity index (χ3n) is 3.42. The Morgan fingerprint density at radius 1 is 1.32 bits per heavy atom. The van der Waals surface area contributed by atoms with Crippen molar-refractivity contribution in [3.63, 3.8) is 0 Å². The Morgan fingerprint density at radius 3 is 2.84 bits per heavy atom. The van der Waals surface area contributed by atoms with Gasteiger partial charge in [0.2, 0.25) is 5.91 Å². The molecule has 0 saturated carbocycles. The second kappa shape index (κ2) is 5.01. The number of amides is 1.